The van der Waals surface area contributed by atoms with Gasteiger partial charge in [-0.3, -0.25) is 0 Å². The largest absolute Gasteiger partial charge is 0.375 e. The van der Waals surface area contributed by atoms with E-state index in [0.717, 1.165) is 0 Å². The van der Waals surface area contributed by atoms with Crippen LogP contribution in [0, 0.1) is 5.41 Å². The molecule has 1 atom stereocenters. The Hall–Kier alpha value is -0.0400. The summed E-state index contributed by atoms with van der Waals surface area (Å²) in [4.78, 5) is 0. The van der Waals surface area contributed by atoms with Crippen LogP contribution in [0.15, 0.2) is 0 Å². The lowest BCUT2D eigenvalue weighted by atomic mass is 9.75. The standard InChI is InChI=1S/C11H22O/c1-9(2)12-10-7-5-6-8-11(10,3)4/h9-10H,5-8H2,1-4H3. The van der Waals surface area contributed by atoms with E-state index < -0.39 is 0 Å². The lowest BCUT2D eigenvalue weighted by Crippen LogP contribution is -2.36. The Morgan fingerprint density at radius 3 is 2.42 bits per heavy atom. The molecule has 1 aliphatic rings. The van der Waals surface area contributed by atoms with Crippen molar-refractivity contribution in [1.82, 2.24) is 0 Å². The molecule has 0 spiro atoms. The minimum Gasteiger partial charge on any atom is -0.375 e. The average Bonchev–Trinajstić information content (AvgIpc) is 1.92. The molecule has 1 unspecified atom stereocenters. The van der Waals surface area contributed by atoms with Crippen molar-refractivity contribution >= 4 is 0 Å². The third-order valence-corrected chi connectivity index (χ3v) is 2.85. The predicted octanol–water partition coefficient (Wildman–Crippen LogP) is 3.38. The summed E-state index contributed by atoms with van der Waals surface area (Å²) in [5.74, 6) is 0. The van der Waals surface area contributed by atoms with Crippen molar-refractivity contribution in [2.24, 2.45) is 5.41 Å². The maximum absolute atomic E-state index is 5.91. The first kappa shape index (κ1) is 10.0. The Balaban J connectivity index is 2.48. The molecule has 0 aromatic carbocycles. The van der Waals surface area contributed by atoms with Crippen molar-refractivity contribution in [2.45, 2.75) is 65.6 Å². The maximum atomic E-state index is 5.91. The molecule has 1 fully saturated rings. The highest BCUT2D eigenvalue weighted by Gasteiger charge is 2.33. The van der Waals surface area contributed by atoms with Crippen LogP contribution in [0.25, 0.3) is 0 Å². The van der Waals surface area contributed by atoms with E-state index in [1.54, 1.807) is 0 Å². The van der Waals surface area contributed by atoms with Gasteiger partial charge in [0.25, 0.3) is 0 Å². The Morgan fingerprint density at radius 1 is 1.25 bits per heavy atom. The van der Waals surface area contributed by atoms with Gasteiger partial charge in [0.2, 0.25) is 0 Å². The summed E-state index contributed by atoms with van der Waals surface area (Å²) in [6.45, 7) is 8.92. The molecule has 0 aliphatic heterocycles. The Kier molecular flexibility index (Phi) is 3.16. The second-order valence-electron chi connectivity index (χ2n) is 4.91. The van der Waals surface area contributed by atoms with E-state index in [9.17, 15) is 0 Å². The Labute approximate surface area is 76.5 Å². The average molecular weight is 170 g/mol. The van der Waals surface area contributed by atoms with Gasteiger partial charge in [-0.25, -0.2) is 0 Å². The van der Waals surface area contributed by atoms with E-state index in [1.165, 1.54) is 25.7 Å². The van der Waals surface area contributed by atoms with Crippen molar-refractivity contribution in [3.8, 4) is 0 Å². The minimum absolute atomic E-state index is 0.382. The third-order valence-electron chi connectivity index (χ3n) is 2.85. The zero-order chi connectivity index (χ0) is 9.19. The van der Waals surface area contributed by atoms with Crippen LogP contribution in [0.1, 0.15) is 53.4 Å². The van der Waals surface area contributed by atoms with Gasteiger partial charge in [-0.2, -0.15) is 0 Å². The fourth-order valence-electron chi connectivity index (χ4n) is 2.04. The summed E-state index contributed by atoms with van der Waals surface area (Å²) in [5.41, 5.74) is 0.405. The molecule has 0 saturated heterocycles. The molecule has 1 rings (SSSR count). The summed E-state index contributed by atoms with van der Waals surface area (Å²) < 4.78 is 5.91. The van der Waals surface area contributed by atoms with E-state index in [-0.39, 0.29) is 0 Å². The first-order valence-electron chi connectivity index (χ1n) is 5.18. The fraction of sp³-hybridized carbons (Fsp3) is 1.00. The van der Waals surface area contributed by atoms with Gasteiger partial charge in [-0.15, -0.1) is 0 Å². The molecule has 0 bridgehead atoms. The van der Waals surface area contributed by atoms with Crippen molar-refractivity contribution < 1.29 is 4.74 Å². The van der Waals surface area contributed by atoms with Gasteiger partial charge in [-0.05, 0) is 32.1 Å². The highest BCUT2D eigenvalue weighted by Crippen LogP contribution is 2.37. The van der Waals surface area contributed by atoms with Crippen molar-refractivity contribution in [2.75, 3.05) is 0 Å². The van der Waals surface area contributed by atoms with Gasteiger partial charge >= 0.3 is 0 Å². The first-order chi connectivity index (χ1) is 5.52. The van der Waals surface area contributed by atoms with Gasteiger partial charge in [-0.1, -0.05) is 26.7 Å². The van der Waals surface area contributed by atoms with E-state index in [4.69, 9.17) is 4.74 Å². The van der Waals surface area contributed by atoms with Crippen molar-refractivity contribution in [1.29, 1.82) is 0 Å². The second kappa shape index (κ2) is 3.78. The van der Waals surface area contributed by atoms with Crippen LogP contribution in [0.2, 0.25) is 0 Å². The molecule has 1 heteroatoms. The molecule has 72 valence electrons. The summed E-state index contributed by atoms with van der Waals surface area (Å²) >= 11 is 0. The van der Waals surface area contributed by atoms with Crippen LogP contribution >= 0.6 is 0 Å². The van der Waals surface area contributed by atoms with Crippen molar-refractivity contribution in [3.05, 3.63) is 0 Å². The molecule has 0 aromatic rings. The Bertz CT molecular complexity index is 138. The van der Waals surface area contributed by atoms with Gasteiger partial charge in [0.15, 0.2) is 0 Å². The lowest BCUT2D eigenvalue weighted by molar-refractivity contribution is -0.0788. The molecule has 0 N–H and O–H groups in total. The van der Waals surface area contributed by atoms with Crippen LogP contribution < -0.4 is 0 Å². The number of hydrogen-bond donors (Lipinski definition) is 0. The molecule has 12 heavy (non-hydrogen) atoms. The topological polar surface area (TPSA) is 9.23 Å². The number of ether oxygens (including phenoxy) is 1. The quantitative estimate of drug-likeness (QED) is 0.617. The predicted molar refractivity (Wildman–Crippen MR) is 52.3 cm³/mol. The molecule has 0 aromatic heterocycles. The summed E-state index contributed by atoms with van der Waals surface area (Å²) in [6, 6.07) is 0. The lowest BCUT2D eigenvalue weighted by Gasteiger charge is -2.39. The zero-order valence-corrected chi connectivity index (χ0v) is 8.89. The van der Waals surface area contributed by atoms with Crippen LogP contribution in [-0.2, 0) is 4.74 Å². The van der Waals surface area contributed by atoms with E-state index >= 15 is 0 Å². The summed E-state index contributed by atoms with van der Waals surface area (Å²) in [5, 5.41) is 0. The van der Waals surface area contributed by atoms with E-state index in [2.05, 4.69) is 27.7 Å². The van der Waals surface area contributed by atoms with Gasteiger partial charge in [0.05, 0.1) is 12.2 Å². The monoisotopic (exact) mass is 170 g/mol. The van der Waals surface area contributed by atoms with Gasteiger partial charge in [0, 0.05) is 0 Å². The third kappa shape index (κ3) is 2.48. The van der Waals surface area contributed by atoms with Gasteiger partial charge < -0.3 is 4.74 Å². The molecular formula is C11H22O. The number of rotatable bonds is 2. The van der Waals surface area contributed by atoms with Crippen LogP contribution in [0.3, 0.4) is 0 Å². The summed E-state index contributed by atoms with van der Waals surface area (Å²) in [6.07, 6.45) is 6.18. The van der Waals surface area contributed by atoms with Gasteiger partial charge in [0.1, 0.15) is 0 Å². The molecule has 1 aliphatic carbocycles. The van der Waals surface area contributed by atoms with E-state index in [0.29, 0.717) is 17.6 Å². The highest BCUT2D eigenvalue weighted by atomic mass is 16.5. The molecule has 1 saturated carbocycles. The van der Waals surface area contributed by atoms with Crippen molar-refractivity contribution in [3.63, 3.8) is 0 Å². The molecule has 0 heterocycles. The first-order valence-corrected chi connectivity index (χ1v) is 5.18. The molecule has 1 nitrogen and oxygen atoms in total. The van der Waals surface area contributed by atoms with Crippen LogP contribution in [-0.4, -0.2) is 12.2 Å². The summed E-state index contributed by atoms with van der Waals surface area (Å²) in [7, 11) is 0. The molecule has 0 radical (unpaired) electrons. The normalized spacial score (nSPS) is 29.2. The molecule has 0 amide bonds. The SMILES string of the molecule is CC(C)OC1CCCCC1(C)C. The smallest absolute Gasteiger partial charge is 0.0629 e. The van der Waals surface area contributed by atoms with Crippen LogP contribution in [0.4, 0.5) is 0 Å². The minimum atomic E-state index is 0.382. The van der Waals surface area contributed by atoms with E-state index in [1.807, 2.05) is 0 Å². The molecular weight excluding hydrogens is 148 g/mol. The number of hydrogen-bond acceptors (Lipinski definition) is 1. The zero-order valence-electron chi connectivity index (χ0n) is 8.89. The Morgan fingerprint density at radius 2 is 1.92 bits per heavy atom. The fourth-order valence-corrected chi connectivity index (χ4v) is 2.04. The maximum Gasteiger partial charge on any atom is 0.0629 e. The van der Waals surface area contributed by atoms with Crippen LogP contribution in [0.5, 0.6) is 0 Å². The second-order valence-corrected chi connectivity index (χ2v) is 4.91. The highest BCUT2D eigenvalue weighted by molar-refractivity contribution is 4.83.